The Morgan fingerprint density at radius 1 is 0.623 bits per heavy atom. The molecule has 0 spiro atoms. The van der Waals surface area contributed by atoms with E-state index in [1.165, 1.54) is 61.7 Å². The summed E-state index contributed by atoms with van der Waals surface area (Å²) in [5, 5.41) is 92.2. The summed E-state index contributed by atoms with van der Waals surface area (Å²) in [7, 11) is -8.76. The number of hydrogen-bond acceptors (Lipinski definition) is 27. The van der Waals surface area contributed by atoms with Crippen LogP contribution in [-0.4, -0.2) is 92.1 Å². The molecular formula is C38H32N10O17S4. The van der Waals surface area contributed by atoms with Crippen molar-refractivity contribution in [1.82, 2.24) is 15.0 Å². The van der Waals surface area contributed by atoms with Gasteiger partial charge in [0.1, 0.15) is 44.0 Å². The van der Waals surface area contributed by atoms with Crippen molar-refractivity contribution in [2.75, 3.05) is 36.2 Å². The Morgan fingerprint density at radius 2 is 1.20 bits per heavy atom. The number of nitrogens with one attached hydrogen (secondary N) is 3. The quantitative estimate of drug-likeness (QED) is 0.0112. The van der Waals surface area contributed by atoms with Crippen LogP contribution in [0.4, 0.5) is 52.0 Å². The number of fused-ring (bicyclic) bond motifs is 2. The van der Waals surface area contributed by atoms with Gasteiger partial charge in [-0.2, -0.15) is 31.8 Å². The Bertz CT molecular complexity index is 3370. The van der Waals surface area contributed by atoms with Gasteiger partial charge in [-0.25, -0.2) is 10.5 Å². The first-order chi connectivity index (χ1) is 33.0. The van der Waals surface area contributed by atoms with Crippen LogP contribution in [0.25, 0.3) is 21.5 Å². The smallest absolute Gasteiger partial charge is 0.296 e. The fraction of sp³-hybridized carbons (Fsp3) is 0.0789. The second-order valence-electron chi connectivity index (χ2n) is 13.5. The summed E-state index contributed by atoms with van der Waals surface area (Å²) in [6, 6.07) is 18.7. The number of nitrogens with zero attached hydrogens (tertiary/aromatic N) is 7. The maximum atomic E-state index is 12.6. The lowest BCUT2D eigenvalue weighted by molar-refractivity contribution is -0.432. The standard InChI is InChI=1S/C38H32N10O17S4/c1-61-22-4-8-26(30(16-22)68(55,56)57)45-48-33-31(69(58,59)60)15-19-13-21(3-7-25(19)35(33)52)41-38-43-36(39-10-11-49)42-37(44-38)40-20-2-6-24-18(12-20)14-29(67-65-63-54)32(34(24)51)47-46-27-17-23(66-64-62-53)5-9-28(27)50/h2-9,12-17,49-54H,10-11H2,1H3,(H,55,56,57)(H,58,59,60)(H3,39,40,41,42,43,44)/b47-46+,48-45+. The van der Waals surface area contributed by atoms with Crippen molar-refractivity contribution in [2.24, 2.45) is 20.5 Å². The number of methoxy groups -OCH3 is 1. The molecule has 31 heteroatoms. The van der Waals surface area contributed by atoms with Crippen LogP contribution < -0.4 is 20.7 Å². The predicted molar refractivity (Wildman–Crippen MR) is 244 cm³/mol. The van der Waals surface area contributed by atoms with Gasteiger partial charge in [0.25, 0.3) is 20.2 Å². The molecule has 0 fully saturated rings. The number of rotatable bonds is 20. The molecule has 1 aromatic heterocycles. The van der Waals surface area contributed by atoms with E-state index in [1.54, 1.807) is 12.1 Å². The molecule has 0 bridgehead atoms. The number of phenolic OH excluding ortho intramolecular Hbond substituents is 3. The van der Waals surface area contributed by atoms with Gasteiger partial charge in [0.2, 0.25) is 17.8 Å². The molecule has 27 nitrogen and oxygen atoms in total. The number of aromatic nitrogens is 3. The van der Waals surface area contributed by atoms with Gasteiger partial charge in [-0.1, -0.05) is 10.1 Å². The highest BCUT2D eigenvalue weighted by Crippen LogP contribution is 2.46. The molecule has 7 rings (SSSR count). The van der Waals surface area contributed by atoms with Crippen LogP contribution in [0.3, 0.4) is 0 Å². The van der Waals surface area contributed by atoms with E-state index >= 15 is 0 Å². The van der Waals surface area contributed by atoms with Gasteiger partial charge in [0.05, 0.1) is 42.7 Å². The van der Waals surface area contributed by atoms with E-state index in [0.717, 1.165) is 18.2 Å². The number of aliphatic hydroxyl groups is 1. The number of hydrogen-bond donors (Lipinski definition) is 11. The summed E-state index contributed by atoms with van der Waals surface area (Å²) in [6.07, 6.45) is 0. The maximum Gasteiger partial charge on any atom is 0.296 e. The van der Waals surface area contributed by atoms with Gasteiger partial charge in [0.15, 0.2) is 11.5 Å². The van der Waals surface area contributed by atoms with Gasteiger partial charge in [0, 0.05) is 39.7 Å². The number of anilines is 5. The monoisotopic (exact) mass is 1030 g/mol. The Labute approximate surface area is 395 Å². The number of ether oxygens (including phenoxy) is 1. The first-order valence-electron chi connectivity index (χ1n) is 18.8. The van der Waals surface area contributed by atoms with E-state index in [4.69, 9.17) is 15.3 Å². The van der Waals surface area contributed by atoms with Crippen molar-refractivity contribution < 1.29 is 80.4 Å². The highest BCUT2D eigenvalue weighted by Gasteiger charge is 2.24. The second kappa shape index (κ2) is 21.5. The number of benzene rings is 6. The fourth-order valence-corrected chi connectivity index (χ4v) is 8.35. The molecule has 0 unspecified atom stereocenters. The number of aliphatic hydroxyl groups excluding tert-OH is 1. The first kappa shape index (κ1) is 49.8. The van der Waals surface area contributed by atoms with Crippen molar-refractivity contribution in [3.8, 4) is 23.0 Å². The third-order valence-corrected chi connectivity index (χ3v) is 12.1. The summed E-state index contributed by atoms with van der Waals surface area (Å²) in [6.45, 7) is -0.272. The number of azo groups is 2. The molecule has 0 aliphatic rings. The zero-order chi connectivity index (χ0) is 49.5. The summed E-state index contributed by atoms with van der Waals surface area (Å²) >= 11 is 1.06. The number of aromatic hydroxyl groups is 3. The van der Waals surface area contributed by atoms with Crippen LogP contribution in [0.1, 0.15) is 0 Å². The van der Waals surface area contributed by atoms with Crippen molar-refractivity contribution in [3.63, 3.8) is 0 Å². The van der Waals surface area contributed by atoms with Crippen molar-refractivity contribution >= 4 is 118 Å². The molecule has 7 aromatic rings. The Balaban J connectivity index is 1.20. The molecule has 11 N–H and O–H groups in total. The van der Waals surface area contributed by atoms with E-state index in [-0.39, 0.29) is 80.6 Å². The molecule has 69 heavy (non-hydrogen) atoms. The third-order valence-electron chi connectivity index (χ3n) is 9.14. The van der Waals surface area contributed by atoms with Crippen LogP contribution in [0.15, 0.2) is 125 Å². The lowest BCUT2D eigenvalue weighted by Gasteiger charge is -2.14. The van der Waals surface area contributed by atoms with Gasteiger partial charge in [-0.3, -0.25) is 9.11 Å². The molecule has 0 aliphatic heterocycles. The summed E-state index contributed by atoms with van der Waals surface area (Å²) in [5.74, 6) is -1.59. The van der Waals surface area contributed by atoms with E-state index in [9.17, 15) is 46.4 Å². The average molecular weight is 1030 g/mol. The minimum Gasteiger partial charge on any atom is -0.506 e. The summed E-state index contributed by atoms with van der Waals surface area (Å²) < 4.78 is 83.2. The Kier molecular flexibility index (Phi) is 15.5. The number of phenols is 3. The SMILES string of the molecule is COc1ccc(/N=N/c2c(S(=O)(=O)O)cc3cc(Nc4nc(NCCO)nc(Nc5ccc6c(O)c(/N=N/c7cc(SOOO)ccc7O)c(SOOO)cc6c5)n4)ccc3c2O)c(S(=O)(=O)O)c1. The van der Waals surface area contributed by atoms with Crippen molar-refractivity contribution in [1.29, 1.82) is 0 Å². The molecule has 6 aromatic carbocycles. The minimum atomic E-state index is -5.13. The van der Waals surface area contributed by atoms with E-state index in [2.05, 4.69) is 70.1 Å². The molecular weight excluding hydrogens is 997 g/mol. The lowest BCUT2D eigenvalue weighted by Crippen LogP contribution is -2.12. The van der Waals surface area contributed by atoms with Gasteiger partial charge in [-0.15, -0.1) is 29.1 Å². The topological polar surface area (TPSA) is 400 Å². The van der Waals surface area contributed by atoms with Crippen LogP contribution in [0, 0.1) is 0 Å². The first-order valence-corrected chi connectivity index (χ1v) is 23.2. The van der Waals surface area contributed by atoms with Gasteiger partial charge in [-0.05, 0) is 89.6 Å². The van der Waals surface area contributed by atoms with Crippen LogP contribution in [0.2, 0.25) is 0 Å². The van der Waals surface area contributed by atoms with E-state index < -0.39 is 52.9 Å². The molecule has 1 heterocycles. The van der Waals surface area contributed by atoms with Crippen LogP contribution in [0.5, 0.6) is 23.0 Å². The van der Waals surface area contributed by atoms with E-state index in [1.807, 2.05) is 0 Å². The molecule has 0 radical (unpaired) electrons. The third kappa shape index (κ3) is 12.0. The molecule has 0 saturated heterocycles. The minimum absolute atomic E-state index is 0.00879. The highest BCUT2D eigenvalue weighted by molar-refractivity contribution is 7.95. The van der Waals surface area contributed by atoms with E-state index in [0.29, 0.717) is 40.1 Å². The lowest BCUT2D eigenvalue weighted by atomic mass is 10.1. The zero-order valence-electron chi connectivity index (χ0n) is 34.5. The molecule has 0 atom stereocenters. The second-order valence-corrected chi connectivity index (χ2v) is 17.8. The maximum absolute atomic E-state index is 12.6. The molecule has 360 valence electrons. The Morgan fingerprint density at radius 3 is 1.81 bits per heavy atom. The molecule has 0 amide bonds. The van der Waals surface area contributed by atoms with Gasteiger partial charge >= 0.3 is 0 Å². The van der Waals surface area contributed by atoms with Crippen molar-refractivity contribution in [3.05, 3.63) is 84.9 Å². The molecule has 0 aliphatic carbocycles. The Hall–Kier alpha value is -7.11. The normalized spacial score (nSPS) is 12.1. The van der Waals surface area contributed by atoms with Crippen LogP contribution in [-0.2, 0) is 39.0 Å². The predicted octanol–water partition coefficient (Wildman–Crippen LogP) is 8.38. The summed E-state index contributed by atoms with van der Waals surface area (Å²) in [4.78, 5) is 11.9. The highest BCUT2D eigenvalue weighted by atomic mass is 32.2. The zero-order valence-corrected chi connectivity index (χ0v) is 37.8. The van der Waals surface area contributed by atoms with Gasteiger partial charge < -0.3 is 41.1 Å². The summed E-state index contributed by atoms with van der Waals surface area (Å²) in [5.41, 5.74) is -0.851. The fourth-order valence-electron chi connectivity index (χ4n) is 6.16. The van der Waals surface area contributed by atoms with Crippen molar-refractivity contribution in [2.45, 2.75) is 19.6 Å². The van der Waals surface area contributed by atoms with Crippen LogP contribution >= 0.6 is 24.1 Å². The largest absolute Gasteiger partial charge is 0.506 e. The average Bonchev–Trinajstić information content (AvgIpc) is 3.31. The molecule has 0 saturated carbocycles.